The number of benzene rings is 8. The van der Waals surface area contributed by atoms with Crippen molar-refractivity contribution in [2.24, 2.45) is 0 Å². The number of hydrogen-bond acceptors (Lipinski definition) is 3. The van der Waals surface area contributed by atoms with E-state index in [1.807, 2.05) is 11.3 Å². The van der Waals surface area contributed by atoms with Crippen molar-refractivity contribution in [3.63, 3.8) is 0 Å². The fraction of sp³-hybridized carbons (Fsp3) is 0. The third-order valence-corrected chi connectivity index (χ3v) is 12.0. The van der Waals surface area contributed by atoms with Gasteiger partial charge in [0, 0.05) is 53.3 Å². The van der Waals surface area contributed by atoms with Gasteiger partial charge in [-0.15, -0.1) is 11.3 Å². The minimum atomic E-state index is 0.694. The van der Waals surface area contributed by atoms with E-state index in [1.165, 1.54) is 42.1 Å². The topological polar surface area (TPSA) is 30.7 Å². The summed E-state index contributed by atoms with van der Waals surface area (Å²) >= 11 is 1.85. The third kappa shape index (κ3) is 5.42. The van der Waals surface area contributed by atoms with Gasteiger partial charge in [0.15, 0.2) is 5.82 Å². The van der Waals surface area contributed by atoms with E-state index in [1.54, 1.807) is 0 Å². The number of fused-ring (bicyclic) bond motifs is 6. The molecule has 0 unspecified atom stereocenters. The summed E-state index contributed by atoms with van der Waals surface area (Å²) in [4.78, 5) is 10.8. The summed E-state index contributed by atoms with van der Waals surface area (Å²) in [6.07, 6.45) is 0. The number of nitrogens with zero attached hydrogens (tertiary/aromatic N) is 3. The molecule has 3 nitrogen and oxygen atoms in total. The quantitative estimate of drug-likeness (QED) is 0.170. The van der Waals surface area contributed by atoms with Crippen molar-refractivity contribution in [2.45, 2.75) is 0 Å². The zero-order chi connectivity index (χ0) is 37.0. The van der Waals surface area contributed by atoms with Gasteiger partial charge < -0.3 is 4.57 Å². The van der Waals surface area contributed by atoms with Crippen molar-refractivity contribution in [2.75, 3.05) is 0 Å². The maximum atomic E-state index is 5.44. The standard InChI is InChI=1S/C52H33N3S/c1-3-14-34(15-4-1)35-26-28-37(29-27-35)45-33-46(54-52(53-45)41-20-8-7-18-39(41)36-16-5-2-6-17-36)42-22-13-24-48-51(42)43-21-9-11-23-47(43)55(48)38-30-31-50-44(32-38)40-19-10-12-25-49(40)56-50/h1-33H. The number of para-hydroxylation sites is 1. The SMILES string of the molecule is c1ccc(-c2ccc(-c3cc(-c4cccc5c4c4ccccc4n5-c4ccc5sc6ccccc6c5c4)nc(-c4ccccc4-c4ccccc4)n3)cc2)cc1. The van der Waals surface area contributed by atoms with Crippen molar-refractivity contribution in [1.82, 2.24) is 14.5 Å². The second kappa shape index (κ2) is 13.3. The minimum Gasteiger partial charge on any atom is -0.309 e. The van der Waals surface area contributed by atoms with Gasteiger partial charge in [-0.1, -0.05) is 158 Å². The summed E-state index contributed by atoms with van der Waals surface area (Å²) in [5.74, 6) is 0.694. The predicted molar refractivity (Wildman–Crippen MR) is 236 cm³/mol. The fourth-order valence-electron chi connectivity index (χ4n) is 8.23. The van der Waals surface area contributed by atoms with E-state index in [-0.39, 0.29) is 0 Å². The Morgan fingerprint density at radius 1 is 0.357 bits per heavy atom. The number of rotatable bonds is 6. The lowest BCUT2D eigenvalue weighted by atomic mass is 9.97. The predicted octanol–water partition coefficient (Wildman–Crippen LogP) is 14.3. The van der Waals surface area contributed by atoms with Crippen molar-refractivity contribution in [1.29, 1.82) is 0 Å². The Morgan fingerprint density at radius 2 is 0.946 bits per heavy atom. The van der Waals surface area contributed by atoms with E-state index in [9.17, 15) is 0 Å². The lowest BCUT2D eigenvalue weighted by Gasteiger charge is -2.14. The molecule has 0 saturated carbocycles. The first-order valence-corrected chi connectivity index (χ1v) is 19.7. The molecule has 4 heteroatoms. The maximum Gasteiger partial charge on any atom is 0.161 e. The van der Waals surface area contributed by atoms with Crippen LogP contribution >= 0.6 is 11.3 Å². The van der Waals surface area contributed by atoms with Crippen LogP contribution in [0.25, 0.3) is 104 Å². The van der Waals surface area contributed by atoms with Crippen LogP contribution in [0.15, 0.2) is 200 Å². The molecule has 8 aromatic carbocycles. The average molecular weight is 732 g/mol. The minimum absolute atomic E-state index is 0.694. The largest absolute Gasteiger partial charge is 0.309 e. The smallest absolute Gasteiger partial charge is 0.161 e. The molecular weight excluding hydrogens is 699 g/mol. The van der Waals surface area contributed by atoms with Gasteiger partial charge in [-0.3, -0.25) is 0 Å². The normalized spacial score (nSPS) is 11.6. The van der Waals surface area contributed by atoms with E-state index in [0.29, 0.717) is 5.82 Å². The third-order valence-electron chi connectivity index (χ3n) is 10.9. The maximum absolute atomic E-state index is 5.44. The molecule has 0 amide bonds. The highest BCUT2D eigenvalue weighted by Gasteiger charge is 2.20. The van der Waals surface area contributed by atoms with E-state index in [0.717, 1.165) is 55.9 Å². The number of hydrogen-bond donors (Lipinski definition) is 0. The van der Waals surface area contributed by atoms with Gasteiger partial charge >= 0.3 is 0 Å². The Kier molecular flexibility index (Phi) is 7.68. The Bertz CT molecular complexity index is 3230. The van der Waals surface area contributed by atoms with Crippen LogP contribution in [-0.2, 0) is 0 Å². The molecule has 0 aliphatic rings. The van der Waals surface area contributed by atoms with Crippen molar-refractivity contribution >= 4 is 53.3 Å². The first kappa shape index (κ1) is 32.3. The van der Waals surface area contributed by atoms with E-state index in [2.05, 4.69) is 205 Å². The highest BCUT2D eigenvalue weighted by molar-refractivity contribution is 7.25. The van der Waals surface area contributed by atoms with Gasteiger partial charge in [0.25, 0.3) is 0 Å². The van der Waals surface area contributed by atoms with E-state index >= 15 is 0 Å². The van der Waals surface area contributed by atoms with E-state index < -0.39 is 0 Å². The van der Waals surface area contributed by atoms with Crippen LogP contribution < -0.4 is 0 Å². The Morgan fingerprint density at radius 3 is 1.77 bits per heavy atom. The van der Waals surface area contributed by atoms with Crippen molar-refractivity contribution < 1.29 is 0 Å². The van der Waals surface area contributed by atoms with Gasteiger partial charge in [-0.2, -0.15) is 0 Å². The molecule has 0 N–H and O–H groups in total. The summed E-state index contributed by atoms with van der Waals surface area (Å²) in [6, 6.07) is 71.3. The van der Waals surface area contributed by atoms with Crippen LogP contribution in [0.3, 0.4) is 0 Å². The molecule has 3 heterocycles. The van der Waals surface area contributed by atoms with Crippen LogP contribution in [0, 0.1) is 0 Å². The molecule has 11 aromatic rings. The van der Waals surface area contributed by atoms with E-state index in [4.69, 9.17) is 9.97 Å². The summed E-state index contributed by atoms with van der Waals surface area (Å²) in [5, 5.41) is 4.94. The number of aromatic nitrogens is 3. The zero-order valence-electron chi connectivity index (χ0n) is 30.3. The first-order valence-electron chi connectivity index (χ1n) is 18.9. The van der Waals surface area contributed by atoms with Crippen molar-refractivity contribution in [3.8, 4) is 61.8 Å². The molecule has 0 atom stereocenters. The average Bonchev–Trinajstić information content (AvgIpc) is 3.82. The Labute approximate surface area is 328 Å². The van der Waals surface area contributed by atoms with Crippen LogP contribution in [-0.4, -0.2) is 14.5 Å². The first-order chi connectivity index (χ1) is 27.8. The summed E-state index contributed by atoms with van der Waals surface area (Å²) < 4.78 is 5.02. The van der Waals surface area contributed by atoms with Crippen LogP contribution in [0.1, 0.15) is 0 Å². The van der Waals surface area contributed by atoms with Gasteiger partial charge in [0.1, 0.15) is 0 Å². The highest BCUT2D eigenvalue weighted by atomic mass is 32.1. The summed E-state index contributed by atoms with van der Waals surface area (Å²) in [6.45, 7) is 0. The second-order valence-electron chi connectivity index (χ2n) is 14.1. The molecule has 3 aromatic heterocycles. The lowest BCUT2D eigenvalue weighted by molar-refractivity contribution is 1.18. The van der Waals surface area contributed by atoms with Gasteiger partial charge in [0.05, 0.1) is 22.4 Å². The van der Waals surface area contributed by atoms with Gasteiger partial charge in [-0.25, -0.2) is 9.97 Å². The molecule has 0 saturated heterocycles. The van der Waals surface area contributed by atoms with Crippen LogP contribution in [0.4, 0.5) is 0 Å². The molecule has 262 valence electrons. The molecular formula is C52H33N3S. The molecule has 56 heavy (non-hydrogen) atoms. The molecule has 11 rings (SSSR count). The molecule has 0 bridgehead atoms. The zero-order valence-corrected chi connectivity index (χ0v) is 31.1. The molecule has 0 aliphatic carbocycles. The van der Waals surface area contributed by atoms with Crippen LogP contribution in [0.2, 0.25) is 0 Å². The van der Waals surface area contributed by atoms with Crippen molar-refractivity contribution in [3.05, 3.63) is 200 Å². The lowest BCUT2D eigenvalue weighted by Crippen LogP contribution is -1.98. The van der Waals surface area contributed by atoms with Gasteiger partial charge in [-0.05, 0) is 64.7 Å². The second-order valence-corrected chi connectivity index (χ2v) is 15.2. The summed E-state index contributed by atoms with van der Waals surface area (Å²) in [5.41, 5.74) is 12.9. The summed E-state index contributed by atoms with van der Waals surface area (Å²) in [7, 11) is 0. The molecule has 0 spiro atoms. The number of thiophene rings is 1. The molecule has 0 radical (unpaired) electrons. The van der Waals surface area contributed by atoms with Gasteiger partial charge in [0.2, 0.25) is 0 Å². The highest BCUT2D eigenvalue weighted by Crippen LogP contribution is 2.42. The Balaban J connectivity index is 1.14. The van der Waals surface area contributed by atoms with Crippen LogP contribution in [0.5, 0.6) is 0 Å². The monoisotopic (exact) mass is 731 g/mol. The fourth-order valence-corrected chi connectivity index (χ4v) is 9.32. The molecule has 0 aliphatic heterocycles. The Hall–Kier alpha value is -7.14. The molecule has 0 fully saturated rings.